The Balaban J connectivity index is 2.23. The number of pyridine rings is 1. The topological polar surface area (TPSA) is 30.0 Å². The smallest absolute Gasteiger partial charge is 0.160 e. The van der Waals surface area contributed by atoms with E-state index >= 15 is 0 Å². The number of aldehydes is 1. The molecule has 4 heteroatoms. The summed E-state index contributed by atoms with van der Waals surface area (Å²) in [7, 11) is 0. The highest BCUT2D eigenvalue weighted by atomic mass is 32.2. The number of hydrogen-bond acceptors (Lipinski definition) is 4. The van der Waals surface area contributed by atoms with Gasteiger partial charge in [-0.25, -0.2) is 0 Å². The van der Waals surface area contributed by atoms with Gasteiger partial charge in [0, 0.05) is 11.9 Å². The van der Waals surface area contributed by atoms with Crippen molar-refractivity contribution in [2.24, 2.45) is 0 Å². The van der Waals surface area contributed by atoms with Crippen molar-refractivity contribution in [1.29, 1.82) is 0 Å². The Bertz CT molecular complexity index is 476. The van der Waals surface area contributed by atoms with Crippen LogP contribution in [-0.4, -0.2) is 17.5 Å². The molecule has 0 atom stereocenters. The van der Waals surface area contributed by atoms with Crippen LogP contribution in [0.4, 0.5) is 0 Å². The maximum atomic E-state index is 10.6. The van der Waals surface area contributed by atoms with Crippen LogP contribution in [0.5, 0.6) is 0 Å². The predicted molar refractivity (Wildman–Crippen MR) is 70.2 cm³/mol. The summed E-state index contributed by atoms with van der Waals surface area (Å²) in [4.78, 5) is 16.8. The molecule has 82 valence electrons. The first-order valence-electron chi connectivity index (χ1n) is 4.82. The predicted octanol–water partition coefficient (Wildman–Crippen LogP) is 3.49. The molecule has 2 nitrogen and oxygen atoms in total. The number of nitrogens with zero attached hydrogens (tertiary/aromatic N) is 1. The van der Waals surface area contributed by atoms with Gasteiger partial charge in [0.05, 0.1) is 15.4 Å². The Labute approximate surface area is 103 Å². The van der Waals surface area contributed by atoms with E-state index in [0.717, 1.165) is 27.5 Å². The van der Waals surface area contributed by atoms with E-state index in [2.05, 4.69) is 17.3 Å². The first-order valence-corrected chi connectivity index (χ1v) is 7.04. The van der Waals surface area contributed by atoms with E-state index in [4.69, 9.17) is 0 Å². The van der Waals surface area contributed by atoms with Crippen LogP contribution in [0.1, 0.15) is 15.2 Å². The Morgan fingerprint density at radius 2 is 2.25 bits per heavy atom. The van der Waals surface area contributed by atoms with Crippen molar-refractivity contribution in [3.8, 4) is 10.6 Å². The van der Waals surface area contributed by atoms with Crippen LogP contribution < -0.4 is 0 Å². The lowest BCUT2D eigenvalue weighted by Gasteiger charge is -1.99. The van der Waals surface area contributed by atoms with Gasteiger partial charge < -0.3 is 0 Å². The maximum Gasteiger partial charge on any atom is 0.160 e. The Morgan fingerprint density at radius 3 is 2.81 bits per heavy atom. The molecule has 2 heterocycles. The summed E-state index contributed by atoms with van der Waals surface area (Å²) in [5.41, 5.74) is 2.16. The van der Waals surface area contributed by atoms with E-state index in [1.807, 2.05) is 24.4 Å². The van der Waals surface area contributed by atoms with Crippen molar-refractivity contribution >= 4 is 29.4 Å². The highest BCUT2D eigenvalue weighted by Crippen LogP contribution is 2.25. The molecule has 0 radical (unpaired) electrons. The fourth-order valence-electron chi connectivity index (χ4n) is 1.38. The first-order chi connectivity index (χ1) is 7.83. The maximum absolute atomic E-state index is 10.6. The quantitative estimate of drug-likeness (QED) is 0.777. The molecule has 0 amide bonds. The molecule has 0 fully saturated rings. The second-order valence-corrected chi connectivity index (χ2v) is 5.29. The summed E-state index contributed by atoms with van der Waals surface area (Å²) in [5.74, 6) is 0.983. The van der Waals surface area contributed by atoms with E-state index in [9.17, 15) is 4.79 Å². The summed E-state index contributed by atoms with van der Waals surface area (Å²) >= 11 is 3.25. The van der Waals surface area contributed by atoms with Crippen LogP contribution in [-0.2, 0) is 5.75 Å². The number of carbonyl (C=O) groups excluding carboxylic acids is 1. The van der Waals surface area contributed by atoms with E-state index in [-0.39, 0.29) is 0 Å². The SMILES string of the molecule is CSCc1ccc(-c2ccc(C=O)s2)nc1. The largest absolute Gasteiger partial charge is 0.297 e. The molecule has 0 aromatic carbocycles. The van der Waals surface area contributed by atoms with Crippen molar-refractivity contribution in [3.05, 3.63) is 40.9 Å². The lowest BCUT2D eigenvalue weighted by atomic mass is 10.2. The van der Waals surface area contributed by atoms with Gasteiger partial charge in [-0.05, 0) is 30.0 Å². The monoisotopic (exact) mass is 249 g/mol. The average molecular weight is 249 g/mol. The zero-order valence-corrected chi connectivity index (χ0v) is 10.5. The van der Waals surface area contributed by atoms with E-state index in [1.165, 1.54) is 16.9 Å². The number of thioether (sulfide) groups is 1. The van der Waals surface area contributed by atoms with Gasteiger partial charge in [0.2, 0.25) is 0 Å². The van der Waals surface area contributed by atoms with Gasteiger partial charge in [-0.1, -0.05) is 6.07 Å². The molecule has 0 saturated heterocycles. The normalized spacial score (nSPS) is 10.3. The third kappa shape index (κ3) is 2.51. The van der Waals surface area contributed by atoms with E-state index in [1.54, 1.807) is 11.8 Å². The minimum atomic E-state index is 0.741. The number of rotatable bonds is 4. The number of carbonyl (C=O) groups is 1. The molecule has 0 bridgehead atoms. The second-order valence-electron chi connectivity index (χ2n) is 3.30. The van der Waals surface area contributed by atoms with Crippen molar-refractivity contribution in [2.45, 2.75) is 5.75 Å². The molecule has 0 aliphatic heterocycles. The molecule has 2 aromatic heterocycles. The number of hydrogen-bond donors (Lipinski definition) is 0. The van der Waals surface area contributed by atoms with E-state index in [0.29, 0.717) is 0 Å². The Hall–Kier alpha value is -1.13. The average Bonchev–Trinajstić information content (AvgIpc) is 2.79. The van der Waals surface area contributed by atoms with Gasteiger partial charge in [0.25, 0.3) is 0 Å². The number of thiophene rings is 1. The molecule has 0 saturated carbocycles. The Morgan fingerprint density at radius 1 is 1.38 bits per heavy atom. The zero-order chi connectivity index (χ0) is 11.4. The van der Waals surface area contributed by atoms with Gasteiger partial charge in [-0.15, -0.1) is 11.3 Å². The first kappa shape index (κ1) is 11.4. The molecule has 0 aliphatic rings. The molecule has 2 aromatic rings. The third-order valence-corrected chi connectivity index (χ3v) is 3.79. The van der Waals surface area contributed by atoms with Gasteiger partial charge in [0.15, 0.2) is 6.29 Å². The molecule has 0 unspecified atom stereocenters. The molecular weight excluding hydrogens is 238 g/mol. The lowest BCUT2D eigenvalue weighted by molar-refractivity contribution is 0.112. The van der Waals surface area contributed by atoms with E-state index < -0.39 is 0 Å². The van der Waals surface area contributed by atoms with Crippen LogP contribution in [0.2, 0.25) is 0 Å². The van der Waals surface area contributed by atoms with Crippen molar-refractivity contribution < 1.29 is 4.79 Å². The minimum Gasteiger partial charge on any atom is -0.297 e. The standard InChI is InChI=1S/C12H11NOS2/c1-15-8-9-2-4-11(13-6-9)12-5-3-10(7-14)16-12/h2-7H,8H2,1H3. The summed E-state index contributed by atoms with van der Waals surface area (Å²) < 4.78 is 0. The fourth-order valence-corrected chi connectivity index (χ4v) is 2.68. The summed E-state index contributed by atoms with van der Waals surface area (Å²) in [5, 5.41) is 0. The van der Waals surface area contributed by atoms with Crippen LogP contribution in [0.3, 0.4) is 0 Å². The highest BCUT2D eigenvalue weighted by molar-refractivity contribution is 7.97. The van der Waals surface area contributed by atoms with Crippen molar-refractivity contribution in [3.63, 3.8) is 0 Å². The van der Waals surface area contributed by atoms with Crippen molar-refractivity contribution in [2.75, 3.05) is 6.26 Å². The van der Waals surface area contributed by atoms with Gasteiger partial charge in [0.1, 0.15) is 0 Å². The highest BCUT2D eigenvalue weighted by Gasteiger charge is 2.03. The van der Waals surface area contributed by atoms with Gasteiger partial charge in [-0.3, -0.25) is 9.78 Å². The fraction of sp³-hybridized carbons (Fsp3) is 0.167. The molecule has 2 rings (SSSR count). The third-order valence-electron chi connectivity index (χ3n) is 2.13. The minimum absolute atomic E-state index is 0.741. The molecule has 0 N–H and O–H groups in total. The second kappa shape index (κ2) is 5.27. The molecular formula is C12H11NOS2. The van der Waals surface area contributed by atoms with Gasteiger partial charge in [-0.2, -0.15) is 11.8 Å². The van der Waals surface area contributed by atoms with Crippen LogP contribution in [0.25, 0.3) is 10.6 Å². The number of aromatic nitrogens is 1. The molecule has 0 aliphatic carbocycles. The summed E-state index contributed by atoms with van der Waals surface area (Å²) in [6.07, 6.45) is 4.84. The molecule has 16 heavy (non-hydrogen) atoms. The summed E-state index contributed by atoms with van der Waals surface area (Å²) in [6, 6.07) is 7.85. The van der Waals surface area contributed by atoms with Crippen molar-refractivity contribution in [1.82, 2.24) is 4.98 Å². The van der Waals surface area contributed by atoms with Crippen LogP contribution in [0, 0.1) is 0 Å². The van der Waals surface area contributed by atoms with Crippen LogP contribution >= 0.6 is 23.1 Å². The summed E-state index contributed by atoms with van der Waals surface area (Å²) in [6.45, 7) is 0. The molecule has 0 spiro atoms. The van der Waals surface area contributed by atoms with Crippen LogP contribution in [0.15, 0.2) is 30.5 Å². The lowest BCUT2D eigenvalue weighted by Crippen LogP contribution is -1.84. The van der Waals surface area contributed by atoms with Gasteiger partial charge >= 0.3 is 0 Å². The Kier molecular flexibility index (Phi) is 3.74. The zero-order valence-electron chi connectivity index (χ0n) is 8.84.